The molecule has 4 rings (SSSR count). The van der Waals surface area contributed by atoms with E-state index in [2.05, 4.69) is 15.2 Å². The van der Waals surface area contributed by atoms with Gasteiger partial charge in [0, 0.05) is 36.3 Å². The van der Waals surface area contributed by atoms with Gasteiger partial charge in [-0.05, 0) is 35.9 Å². The van der Waals surface area contributed by atoms with Crippen LogP contribution in [0.4, 0.5) is 5.69 Å². The monoisotopic (exact) mass is 457 g/mol. The van der Waals surface area contributed by atoms with Crippen molar-refractivity contribution < 1.29 is 27.2 Å². The topological polar surface area (TPSA) is 127 Å². The van der Waals surface area contributed by atoms with Crippen molar-refractivity contribution in [3.05, 3.63) is 66.4 Å². The van der Waals surface area contributed by atoms with Crippen LogP contribution in [0.2, 0.25) is 0 Å². The molecular formula is C22H23N3O6S. The van der Waals surface area contributed by atoms with Crippen molar-refractivity contribution in [2.75, 3.05) is 30.7 Å². The predicted octanol–water partition coefficient (Wildman–Crippen LogP) is 3.16. The molecule has 10 heteroatoms. The average molecular weight is 458 g/mol. The summed E-state index contributed by atoms with van der Waals surface area (Å²) in [4.78, 5) is 0. The molecule has 0 radical (unpaired) electrons. The molecule has 0 bridgehead atoms. The number of fused-ring (bicyclic) bond motifs is 1. The molecule has 9 nitrogen and oxygen atoms in total. The van der Waals surface area contributed by atoms with Crippen LogP contribution in [0.15, 0.2) is 69.8 Å². The van der Waals surface area contributed by atoms with Crippen molar-refractivity contribution in [1.29, 1.82) is 0 Å². The van der Waals surface area contributed by atoms with E-state index in [-0.39, 0.29) is 0 Å². The van der Waals surface area contributed by atoms with Gasteiger partial charge in [0.05, 0.1) is 12.4 Å². The average Bonchev–Trinajstić information content (AvgIpc) is 3.41. The van der Waals surface area contributed by atoms with Gasteiger partial charge in [0.1, 0.15) is 29.9 Å². The molecule has 32 heavy (non-hydrogen) atoms. The first kappa shape index (κ1) is 21.9. The van der Waals surface area contributed by atoms with Gasteiger partial charge in [-0.25, -0.2) is 8.42 Å². The fraction of sp³-hybridized carbons (Fsp3) is 0.227. The molecule has 0 saturated heterocycles. The van der Waals surface area contributed by atoms with Crippen LogP contribution in [0.1, 0.15) is 11.7 Å². The van der Waals surface area contributed by atoms with Gasteiger partial charge in [-0.15, -0.1) is 0 Å². The molecular weight excluding hydrogens is 434 g/mol. The van der Waals surface area contributed by atoms with Crippen LogP contribution >= 0.6 is 0 Å². The van der Waals surface area contributed by atoms with Crippen molar-refractivity contribution >= 4 is 26.7 Å². The first-order valence-corrected chi connectivity index (χ1v) is 11.8. The second-order valence-corrected chi connectivity index (χ2v) is 9.01. The molecule has 0 unspecified atom stereocenters. The Hall–Kier alpha value is -3.34. The number of rotatable bonds is 10. The van der Waals surface area contributed by atoms with Crippen LogP contribution < -0.4 is 14.8 Å². The number of aromatic nitrogens is 1. The summed E-state index contributed by atoms with van der Waals surface area (Å²) < 4.78 is 41.5. The minimum absolute atomic E-state index is 0.296. The van der Waals surface area contributed by atoms with E-state index in [1.165, 1.54) is 6.26 Å². The normalized spacial score (nSPS) is 12.7. The third-order valence-corrected chi connectivity index (χ3v) is 5.25. The second-order valence-electron chi connectivity index (χ2n) is 7.26. The van der Waals surface area contributed by atoms with E-state index in [0.29, 0.717) is 53.7 Å². The molecule has 168 valence electrons. The number of aliphatic hydroxyl groups excluding tert-OH is 1. The minimum atomic E-state index is -3.37. The third kappa shape index (κ3) is 5.67. The summed E-state index contributed by atoms with van der Waals surface area (Å²) in [7, 11) is -3.37. The van der Waals surface area contributed by atoms with E-state index in [1.54, 1.807) is 30.3 Å². The Labute approximate surface area is 185 Å². The van der Waals surface area contributed by atoms with Gasteiger partial charge in [-0.3, -0.25) is 4.72 Å². The molecule has 4 aromatic rings. The Morgan fingerprint density at radius 2 is 2.03 bits per heavy atom. The fourth-order valence-electron chi connectivity index (χ4n) is 3.19. The lowest BCUT2D eigenvalue weighted by Crippen LogP contribution is -2.26. The maximum absolute atomic E-state index is 11.4. The molecule has 0 aliphatic heterocycles. The largest absolute Gasteiger partial charge is 0.492 e. The molecule has 0 spiro atoms. The number of sulfonamides is 1. The minimum Gasteiger partial charge on any atom is -0.492 e. The van der Waals surface area contributed by atoms with E-state index < -0.39 is 16.1 Å². The van der Waals surface area contributed by atoms with Crippen LogP contribution in [0, 0.1) is 0 Å². The quantitative estimate of drug-likeness (QED) is 0.310. The standard InChI is InChI=1S/C22H23N3O6S/c1-32(27,28)25-17-4-2-3-15(11-17)20(26)14-23-8-10-29-18-6-5-16-12-22(31-21(16)13-18)19-7-9-30-24-19/h2-7,9,11-13,20,23,25-26H,8,10,14H2,1H3/t20-/m0/s1. The molecule has 0 aliphatic rings. The van der Waals surface area contributed by atoms with Crippen molar-refractivity contribution in [3.8, 4) is 17.2 Å². The van der Waals surface area contributed by atoms with Gasteiger partial charge in [-0.2, -0.15) is 0 Å². The summed E-state index contributed by atoms with van der Waals surface area (Å²) >= 11 is 0. The zero-order valence-electron chi connectivity index (χ0n) is 17.3. The van der Waals surface area contributed by atoms with E-state index in [1.807, 2.05) is 24.3 Å². The summed E-state index contributed by atoms with van der Waals surface area (Å²) in [5.41, 5.74) is 2.33. The van der Waals surface area contributed by atoms with Gasteiger partial charge in [0.15, 0.2) is 5.76 Å². The number of anilines is 1. The summed E-state index contributed by atoms with van der Waals surface area (Å²) in [6.07, 6.45) is 1.78. The number of hydrogen-bond acceptors (Lipinski definition) is 8. The third-order valence-electron chi connectivity index (χ3n) is 4.64. The van der Waals surface area contributed by atoms with Gasteiger partial charge >= 0.3 is 0 Å². The number of hydrogen-bond donors (Lipinski definition) is 3. The molecule has 0 amide bonds. The van der Waals surface area contributed by atoms with Crippen LogP contribution in [-0.2, 0) is 10.0 Å². The van der Waals surface area contributed by atoms with Gasteiger partial charge < -0.3 is 24.1 Å². The molecule has 2 heterocycles. The number of nitrogens with one attached hydrogen (secondary N) is 2. The molecule has 0 aliphatic carbocycles. The lowest BCUT2D eigenvalue weighted by atomic mass is 10.1. The lowest BCUT2D eigenvalue weighted by molar-refractivity contribution is 0.172. The van der Waals surface area contributed by atoms with Crippen molar-refractivity contribution in [1.82, 2.24) is 10.5 Å². The van der Waals surface area contributed by atoms with Crippen LogP contribution in [0.5, 0.6) is 5.75 Å². The number of benzene rings is 2. The van der Waals surface area contributed by atoms with E-state index in [0.717, 1.165) is 11.6 Å². The number of nitrogens with zero attached hydrogens (tertiary/aromatic N) is 1. The van der Waals surface area contributed by atoms with E-state index in [9.17, 15) is 13.5 Å². The molecule has 0 fully saturated rings. The zero-order chi connectivity index (χ0) is 22.6. The summed E-state index contributed by atoms with van der Waals surface area (Å²) in [6.45, 7) is 1.20. The predicted molar refractivity (Wildman–Crippen MR) is 120 cm³/mol. The van der Waals surface area contributed by atoms with Crippen LogP contribution in [0.25, 0.3) is 22.4 Å². The Morgan fingerprint density at radius 1 is 1.16 bits per heavy atom. The van der Waals surface area contributed by atoms with Crippen molar-refractivity contribution in [2.24, 2.45) is 0 Å². The van der Waals surface area contributed by atoms with E-state index in [4.69, 9.17) is 13.7 Å². The van der Waals surface area contributed by atoms with Crippen molar-refractivity contribution in [2.45, 2.75) is 6.10 Å². The molecule has 3 N–H and O–H groups in total. The number of aliphatic hydroxyl groups is 1. The fourth-order valence-corrected chi connectivity index (χ4v) is 3.74. The molecule has 2 aromatic carbocycles. The van der Waals surface area contributed by atoms with Crippen LogP contribution in [0.3, 0.4) is 0 Å². The first-order valence-electron chi connectivity index (χ1n) is 9.91. The maximum Gasteiger partial charge on any atom is 0.229 e. The maximum atomic E-state index is 11.4. The van der Waals surface area contributed by atoms with Crippen LogP contribution in [-0.4, -0.2) is 44.6 Å². The smallest absolute Gasteiger partial charge is 0.229 e. The molecule has 1 atom stereocenters. The van der Waals surface area contributed by atoms with Gasteiger partial charge in [-0.1, -0.05) is 17.3 Å². The SMILES string of the molecule is CS(=O)(=O)Nc1cccc([C@@H](O)CNCCOc2ccc3cc(-c4ccon4)oc3c2)c1. The Bertz CT molecular complexity index is 1280. The highest BCUT2D eigenvalue weighted by atomic mass is 32.2. The lowest BCUT2D eigenvalue weighted by Gasteiger charge is -2.14. The number of ether oxygens (including phenoxy) is 1. The Balaban J connectivity index is 1.25. The highest BCUT2D eigenvalue weighted by molar-refractivity contribution is 7.92. The molecule has 0 saturated carbocycles. The first-order chi connectivity index (χ1) is 15.4. The zero-order valence-corrected chi connectivity index (χ0v) is 18.1. The number of furan rings is 1. The summed E-state index contributed by atoms with van der Waals surface area (Å²) in [6, 6.07) is 15.9. The Morgan fingerprint density at radius 3 is 2.81 bits per heavy atom. The van der Waals surface area contributed by atoms with Gasteiger partial charge in [0.25, 0.3) is 0 Å². The summed E-state index contributed by atoms with van der Waals surface area (Å²) in [5.74, 6) is 1.29. The van der Waals surface area contributed by atoms with Gasteiger partial charge in [0.2, 0.25) is 10.0 Å². The van der Waals surface area contributed by atoms with Crippen molar-refractivity contribution in [3.63, 3.8) is 0 Å². The highest BCUT2D eigenvalue weighted by Crippen LogP contribution is 2.29. The summed E-state index contributed by atoms with van der Waals surface area (Å²) in [5, 5.41) is 18.3. The second kappa shape index (κ2) is 9.43. The Kier molecular flexibility index (Phi) is 6.45. The highest BCUT2D eigenvalue weighted by Gasteiger charge is 2.11. The molecule has 2 aromatic heterocycles. The van der Waals surface area contributed by atoms with E-state index >= 15 is 0 Å².